The van der Waals surface area contributed by atoms with Crippen LogP contribution in [0.25, 0.3) is 0 Å². The van der Waals surface area contributed by atoms with Crippen LogP contribution in [0, 0.1) is 12.8 Å². The lowest BCUT2D eigenvalue weighted by molar-refractivity contribution is -0.117. The van der Waals surface area contributed by atoms with Gasteiger partial charge < -0.3 is 5.32 Å². The number of benzene rings is 1. The van der Waals surface area contributed by atoms with Crippen LogP contribution in [0.4, 0.5) is 5.69 Å². The van der Waals surface area contributed by atoms with Crippen molar-refractivity contribution in [3.05, 3.63) is 26.6 Å². The molecule has 1 aromatic rings. The van der Waals surface area contributed by atoms with Crippen LogP contribution in [0.3, 0.4) is 0 Å². The van der Waals surface area contributed by atoms with E-state index in [4.69, 9.17) is 0 Å². The first kappa shape index (κ1) is 11.1. The lowest BCUT2D eigenvalue weighted by Gasteiger charge is -2.10. The topological polar surface area (TPSA) is 29.1 Å². The first-order valence-electron chi connectivity index (χ1n) is 4.84. The molecule has 80 valence electrons. The zero-order valence-electron chi connectivity index (χ0n) is 8.31. The van der Waals surface area contributed by atoms with E-state index < -0.39 is 0 Å². The third kappa shape index (κ3) is 2.61. The molecule has 0 atom stereocenters. The summed E-state index contributed by atoms with van der Waals surface area (Å²) in [5.41, 5.74) is 1.94. The Morgan fingerprint density at radius 2 is 2.07 bits per heavy atom. The van der Waals surface area contributed by atoms with Crippen LogP contribution < -0.4 is 5.32 Å². The molecule has 15 heavy (non-hydrogen) atoms. The molecule has 1 aliphatic rings. The Morgan fingerprint density at radius 1 is 1.40 bits per heavy atom. The van der Waals surface area contributed by atoms with Crippen LogP contribution in [-0.4, -0.2) is 5.91 Å². The second-order valence-electron chi connectivity index (χ2n) is 3.84. The third-order valence-electron chi connectivity index (χ3n) is 2.45. The number of aryl methyl sites for hydroxylation is 1. The Morgan fingerprint density at radius 3 is 2.60 bits per heavy atom. The maximum absolute atomic E-state index is 11.6. The van der Waals surface area contributed by atoms with Crippen molar-refractivity contribution in [2.24, 2.45) is 5.92 Å². The molecule has 1 aromatic carbocycles. The van der Waals surface area contributed by atoms with Gasteiger partial charge in [0, 0.05) is 14.9 Å². The number of amides is 1. The van der Waals surface area contributed by atoms with Gasteiger partial charge in [-0.2, -0.15) is 0 Å². The number of hydrogen-bond acceptors (Lipinski definition) is 1. The maximum Gasteiger partial charge on any atom is 0.227 e. The van der Waals surface area contributed by atoms with E-state index >= 15 is 0 Å². The molecule has 0 heterocycles. The Kier molecular flexibility index (Phi) is 3.16. The largest absolute Gasteiger partial charge is 0.325 e. The molecular formula is C11H11Br2NO. The highest BCUT2D eigenvalue weighted by molar-refractivity contribution is 9.11. The van der Waals surface area contributed by atoms with Crippen LogP contribution in [0.5, 0.6) is 0 Å². The molecule has 2 nitrogen and oxygen atoms in total. The molecule has 1 aliphatic carbocycles. The minimum atomic E-state index is 0.140. The minimum absolute atomic E-state index is 0.140. The molecule has 0 saturated heterocycles. The van der Waals surface area contributed by atoms with Crippen LogP contribution >= 0.6 is 31.9 Å². The smallest absolute Gasteiger partial charge is 0.227 e. The van der Waals surface area contributed by atoms with Crippen LogP contribution in [-0.2, 0) is 4.79 Å². The van der Waals surface area contributed by atoms with E-state index in [0.29, 0.717) is 0 Å². The van der Waals surface area contributed by atoms with Crippen molar-refractivity contribution in [3.63, 3.8) is 0 Å². The molecule has 2 rings (SSSR count). The number of nitrogens with one attached hydrogen (secondary N) is 1. The summed E-state index contributed by atoms with van der Waals surface area (Å²) in [5, 5.41) is 2.96. The first-order chi connectivity index (χ1) is 7.08. The summed E-state index contributed by atoms with van der Waals surface area (Å²) < 4.78 is 1.93. The fourth-order valence-corrected chi connectivity index (χ4v) is 2.97. The van der Waals surface area contributed by atoms with Crippen molar-refractivity contribution < 1.29 is 4.79 Å². The van der Waals surface area contributed by atoms with Gasteiger partial charge in [-0.05, 0) is 53.4 Å². The Bertz CT molecular complexity index is 390. The van der Waals surface area contributed by atoms with E-state index in [2.05, 4.69) is 37.2 Å². The standard InChI is InChI=1S/C11H11Br2NO/c1-6-4-8(12)5-9(13)10(6)14-11(15)7-2-3-7/h4-5,7H,2-3H2,1H3,(H,14,15). The van der Waals surface area contributed by atoms with Gasteiger partial charge in [-0.15, -0.1) is 0 Å². The van der Waals surface area contributed by atoms with Crippen molar-refractivity contribution in [3.8, 4) is 0 Å². The molecule has 0 unspecified atom stereocenters. The number of halogens is 2. The Hall–Kier alpha value is -0.350. The molecule has 1 amide bonds. The maximum atomic E-state index is 11.6. The zero-order chi connectivity index (χ0) is 11.0. The molecule has 0 aromatic heterocycles. The van der Waals surface area contributed by atoms with Crippen molar-refractivity contribution in [1.29, 1.82) is 0 Å². The first-order valence-corrected chi connectivity index (χ1v) is 6.43. The van der Waals surface area contributed by atoms with Gasteiger partial charge in [-0.3, -0.25) is 4.79 Å². The van der Waals surface area contributed by atoms with Gasteiger partial charge in [0.15, 0.2) is 0 Å². The highest BCUT2D eigenvalue weighted by Crippen LogP contribution is 2.34. The molecule has 0 aliphatic heterocycles. The van der Waals surface area contributed by atoms with Crippen LogP contribution in [0.15, 0.2) is 21.1 Å². The number of rotatable bonds is 2. The number of anilines is 1. The Balaban J connectivity index is 2.23. The Labute approximate surface area is 106 Å². The number of carbonyl (C=O) groups is 1. The summed E-state index contributed by atoms with van der Waals surface area (Å²) in [6.07, 6.45) is 2.05. The van der Waals surface area contributed by atoms with Crippen molar-refractivity contribution >= 4 is 43.5 Å². The van der Waals surface area contributed by atoms with E-state index in [-0.39, 0.29) is 11.8 Å². The molecule has 0 bridgehead atoms. The summed E-state index contributed by atoms with van der Waals surface area (Å²) in [5.74, 6) is 0.376. The molecule has 1 fully saturated rings. The van der Waals surface area contributed by atoms with Gasteiger partial charge in [0.2, 0.25) is 5.91 Å². The minimum Gasteiger partial charge on any atom is -0.325 e. The van der Waals surface area contributed by atoms with E-state index in [1.54, 1.807) is 0 Å². The number of hydrogen-bond donors (Lipinski definition) is 1. The molecular weight excluding hydrogens is 322 g/mol. The average Bonchev–Trinajstić information content (AvgIpc) is 2.93. The summed E-state index contributed by atoms with van der Waals surface area (Å²) in [6, 6.07) is 3.93. The molecule has 4 heteroatoms. The predicted molar refractivity (Wildman–Crippen MR) is 67.9 cm³/mol. The summed E-state index contributed by atoms with van der Waals surface area (Å²) in [7, 11) is 0. The second kappa shape index (κ2) is 4.26. The highest BCUT2D eigenvalue weighted by Gasteiger charge is 2.30. The van der Waals surface area contributed by atoms with Gasteiger partial charge in [0.25, 0.3) is 0 Å². The average molecular weight is 333 g/mol. The predicted octanol–water partition coefficient (Wildman–Crippen LogP) is 3.87. The molecule has 1 saturated carbocycles. The van der Waals surface area contributed by atoms with Crippen LogP contribution in [0.1, 0.15) is 18.4 Å². The van der Waals surface area contributed by atoms with Gasteiger partial charge in [0.1, 0.15) is 0 Å². The second-order valence-corrected chi connectivity index (χ2v) is 5.61. The SMILES string of the molecule is Cc1cc(Br)cc(Br)c1NC(=O)C1CC1. The van der Waals surface area contributed by atoms with E-state index in [0.717, 1.165) is 33.0 Å². The van der Waals surface area contributed by atoms with E-state index in [1.807, 2.05) is 19.1 Å². The summed E-state index contributed by atoms with van der Waals surface area (Å²) in [6.45, 7) is 1.98. The van der Waals surface area contributed by atoms with Crippen molar-refractivity contribution in [2.45, 2.75) is 19.8 Å². The van der Waals surface area contributed by atoms with Crippen molar-refractivity contribution in [1.82, 2.24) is 0 Å². The summed E-state index contributed by atoms with van der Waals surface area (Å²) in [4.78, 5) is 11.6. The molecule has 0 spiro atoms. The fraction of sp³-hybridized carbons (Fsp3) is 0.364. The molecule has 0 radical (unpaired) electrons. The highest BCUT2D eigenvalue weighted by atomic mass is 79.9. The normalized spacial score (nSPS) is 15.1. The van der Waals surface area contributed by atoms with Crippen LogP contribution in [0.2, 0.25) is 0 Å². The number of carbonyl (C=O) groups excluding carboxylic acids is 1. The van der Waals surface area contributed by atoms with Gasteiger partial charge in [0.05, 0.1) is 5.69 Å². The zero-order valence-corrected chi connectivity index (χ0v) is 11.5. The van der Waals surface area contributed by atoms with Gasteiger partial charge >= 0.3 is 0 Å². The van der Waals surface area contributed by atoms with E-state index in [9.17, 15) is 4.79 Å². The van der Waals surface area contributed by atoms with E-state index in [1.165, 1.54) is 0 Å². The van der Waals surface area contributed by atoms with Gasteiger partial charge in [-0.1, -0.05) is 15.9 Å². The quantitative estimate of drug-likeness (QED) is 0.875. The third-order valence-corrected chi connectivity index (χ3v) is 3.53. The summed E-state index contributed by atoms with van der Waals surface area (Å²) >= 11 is 6.86. The fourth-order valence-electron chi connectivity index (χ4n) is 1.43. The van der Waals surface area contributed by atoms with Gasteiger partial charge in [-0.25, -0.2) is 0 Å². The molecule has 1 N–H and O–H groups in total. The lowest BCUT2D eigenvalue weighted by Crippen LogP contribution is -2.14. The van der Waals surface area contributed by atoms with Crippen molar-refractivity contribution in [2.75, 3.05) is 5.32 Å². The lowest BCUT2D eigenvalue weighted by atomic mass is 10.2. The monoisotopic (exact) mass is 331 g/mol.